The van der Waals surface area contributed by atoms with Gasteiger partial charge in [-0.15, -0.1) is 0 Å². The molecule has 3 aromatic carbocycles. The van der Waals surface area contributed by atoms with Gasteiger partial charge in [0.15, 0.2) is 0 Å². The molecule has 2 heteroatoms. The predicted molar refractivity (Wildman–Crippen MR) is 162 cm³/mol. The summed E-state index contributed by atoms with van der Waals surface area (Å²) in [5.41, 5.74) is 12.2. The minimum Gasteiger partial charge on any atom is -0.316 e. The zero-order chi connectivity index (χ0) is 26.9. The molecule has 0 saturated carbocycles. The lowest BCUT2D eigenvalue weighted by Gasteiger charge is -2.19. The molecular weight excluding hydrogens is 460 g/mol. The highest BCUT2D eigenvalue weighted by Gasteiger charge is 2.23. The van der Waals surface area contributed by atoms with E-state index in [0.29, 0.717) is 5.92 Å². The summed E-state index contributed by atoms with van der Waals surface area (Å²) in [6.07, 6.45) is 5.32. The molecule has 0 saturated heterocycles. The molecule has 192 valence electrons. The van der Waals surface area contributed by atoms with Crippen LogP contribution in [0.1, 0.15) is 64.2 Å². The van der Waals surface area contributed by atoms with Crippen molar-refractivity contribution in [2.75, 3.05) is 0 Å². The van der Waals surface area contributed by atoms with E-state index in [-0.39, 0.29) is 5.41 Å². The Kier molecular flexibility index (Phi) is 7.08. The third-order valence-electron chi connectivity index (χ3n) is 7.42. The first-order valence-corrected chi connectivity index (χ1v) is 13.7. The van der Waals surface area contributed by atoms with Gasteiger partial charge in [0.05, 0.1) is 17.1 Å². The van der Waals surface area contributed by atoms with E-state index in [1.807, 2.05) is 6.20 Å². The minimum absolute atomic E-state index is 0.0189. The van der Waals surface area contributed by atoms with Gasteiger partial charge in [-0.05, 0) is 69.8 Å². The molecule has 0 spiro atoms. The molecule has 0 radical (unpaired) electrons. The molecule has 0 unspecified atom stereocenters. The Bertz CT molecular complexity index is 1530. The Hall–Kier alpha value is -3.91. The quantitative estimate of drug-likeness (QED) is 0.228. The zero-order valence-corrected chi connectivity index (χ0v) is 23.5. The van der Waals surface area contributed by atoms with Crippen LogP contribution in [-0.4, -0.2) is 9.55 Å². The third kappa shape index (κ3) is 5.09. The van der Waals surface area contributed by atoms with Crippen LogP contribution in [0.3, 0.4) is 0 Å². The van der Waals surface area contributed by atoms with Crippen molar-refractivity contribution in [1.29, 1.82) is 0 Å². The van der Waals surface area contributed by atoms with E-state index < -0.39 is 0 Å². The van der Waals surface area contributed by atoms with Crippen LogP contribution in [0.4, 0.5) is 0 Å². The van der Waals surface area contributed by atoms with Gasteiger partial charge in [0.25, 0.3) is 0 Å². The number of para-hydroxylation sites is 1. The number of aromatic nitrogens is 2. The summed E-state index contributed by atoms with van der Waals surface area (Å²) >= 11 is 0. The van der Waals surface area contributed by atoms with E-state index in [1.54, 1.807) is 0 Å². The fourth-order valence-electron chi connectivity index (χ4n) is 5.06. The van der Waals surface area contributed by atoms with Crippen LogP contribution >= 0.6 is 0 Å². The lowest BCUT2D eigenvalue weighted by atomic mass is 9.87. The van der Waals surface area contributed by atoms with Crippen LogP contribution in [0, 0.1) is 0 Å². The zero-order valence-electron chi connectivity index (χ0n) is 23.5. The van der Waals surface area contributed by atoms with Crippen molar-refractivity contribution in [3.05, 3.63) is 120 Å². The second-order valence-electron chi connectivity index (χ2n) is 11.5. The van der Waals surface area contributed by atoms with Gasteiger partial charge in [-0.3, -0.25) is 4.98 Å². The van der Waals surface area contributed by atoms with E-state index in [9.17, 15) is 0 Å². The van der Waals surface area contributed by atoms with Crippen molar-refractivity contribution in [2.45, 2.75) is 59.3 Å². The Morgan fingerprint density at radius 1 is 0.763 bits per heavy atom. The minimum atomic E-state index is 0.0189. The highest BCUT2D eigenvalue weighted by atomic mass is 15.0. The lowest BCUT2D eigenvalue weighted by molar-refractivity contribution is 0.590. The van der Waals surface area contributed by atoms with Gasteiger partial charge in [-0.2, -0.15) is 0 Å². The average molecular weight is 499 g/mol. The largest absolute Gasteiger partial charge is 0.316 e. The molecule has 5 aromatic rings. The van der Waals surface area contributed by atoms with E-state index in [4.69, 9.17) is 4.98 Å². The van der Waals surface area contributed by atoms with Crippen molar-refractivity contribution in [2.24, 2.45) is 0 Å². The standard InChI is InChI=1S/C36H38N2/c1-7-26-17-20-33(37-23-26)31-15-11-12-16-34(31)38-24-29(36(4,5)6)22-35(38)32-21-28(18-19-30(32)25(2)3)27-13-9-8-10-14-27/h8-25H,7H2,1-6H3. The first kappa shape index (κ1) is 25.7. The SMILES string of the molecule is CCc1ccc(-c2ccccc2-n2cc(C(C)(C)C)cc2-c2cc(-c3ccccc3)ccc2C(C)C)nc1. The van der Waals surface area contributed by atoms with Gasteiger partial charge in [0, 0.05) is 23.5 Å². The van der Waals surface area contributed by atoms with Crippen LogP contribution in [0.25, 0.3) is 39.3 Å². The maximum atomic E-state index is 4.85. The Morgan fingerprint density at radius 2 is 1.50 bits per heavy atom. The molecule has 0 atom stereocenters. The van der Waals surface area contributed by atoms with E-state index in [1.165, 1.54) is 39.1 Å². The van der Waals surface area contributed by atoms with Crippen LogP contribution < -0.4 is 0 Å². The Labute approximate surface area is 228 Å². The molecule has 0 aliphatic rings. The summed E-state index contributed by atoms with van der Waals surface area (Å²) in [6.45, 7) is 13.6. The highest BCUT2D eigenvalue weighted by Crippen LogP contribution is 2.39. The van der Waals surface area contributed by atoms with Crippen LogP contribution in [-0.2, 0) is 11.8 Å². The van der Waals surface area contributed by atoms with Crippen molar-refractivity contribution < 1.29 is 0 Å². The first-order valence-electron chi connectivity index (χ1n) is 13.7. The molecule has 0 amide bonds. The maximum Gasteiger partial charge on any atom is 0.0723 e. The van der Waals surface area contributed by atoms with Gasteiger partial charge in [0.2, 0.25) is 0 Å². The molecule has 5 rings (SSSR count). The van der Waals surface area contributed by atoms with E-state index in [2.05, 4.69) is 143 Å². The first-order chi connectivity index (χ1) is 18.3. The molecule has 38 heavy (non-hydrogen) atoms. The molecule has 0 bridgehead atoms. The van der Waals surface area contributed by atoms with E-state index in [0.717, 1.165) is 23.4 Å². The fourth-order valence-corrected chi connectivity index (χ4v) is 5.06. The molecule has 0 N–H and O–H groups in total. The summed E-state index contributed by atoms with van der Waals surface area (Å²) < 4.78 is 2.39. The molecule has 0 aliphatic carbocycles. The van der Waals surface area contributed by atoms with Gasteiger partial charge in [0.1, 0.15) is 0 Å². The number of hydrogen-bond acceptors (Lipinski definition) is 1. The Balaban J connectivity index is 1.76. The molecule has 2 nitrogen and oxygen atoms in total. The van der Waals surface area contributed by atoms with Crippen LogP contribution in [0.15, 0.2) is 103 Å². The monoisotopic (exact) mass is 498 g/mol. The Morgan fingerprint density at radius 3 is 2.16 bits per heavy atom. The summed E-state index contributed by atoms with van der Waals surface area (Å²) in [5, 5.41) is 0. The average Bonchev–Trinajstić information content (AvgIpc) is 3.39. The maximum absolute atomic E-state index is 4.85. The van der Waals surface area contributed by atoms with Crippen molar-refractivity contribution in [3.8, 4) is 39.3 Å². The predicted octanol–water partition coefficient (Wildman–Crippen LogP) is 9.86. The second-order valence-corrected chi connectivity index (χ2v) is 11.5. The number of hydrogen-bond donors (Lipinski definition) is 0. The summed E-state index contributed by atoms with van der Waals surface area (Å²) in [5.74, 6) is 0.398. The van der Waals surface area contributed by atoms with Crippen molar-refractivity contribution in [3.63, 3.8) is 0 Å². The van der Waals surface area contributed by atoms with Gasteiger partial charge in [-0.1, -0.05) is 108 Å². The summed E-state index contributed by atoms with van der Waals surface area (Å²) in [7, 11) is 0. The van der Waals surface area contributed by atoms with Gasteiger partial charge in [-0.25, -0.2) is 0 Å². The smallest absolute Gasteiger partial charge is 0.0723 e. The lowest BCUT2D eigenvalue weighted by Crippen LogP contribution is -2.09. The van der Waals surface area contributed by atoms with Crippen molar-refractivity contribution >= 4 is 0 Å². The number of rotatable bonds is 6. The number of nitrogens with zero attached hydrogens (tertiary/aromatic N) is 2. The highest BCUT2D eigenvalue weighted by molar-refractivity contribution is 5.79. The molecular formula is C36H38N2. The second kappa shape index (κ2) is 10.5. The topological polar surface area (TPSA) is 17.8 Å². The summed E-state index contributed by atoms with van der Waals surface area (Å²) in [6, 6.07) is 33.0. The fraction of sp³-hybridized carbons (Fsp3) is 0.250. The molecule has 0 fully saturated rings. The third-order valence-corrected chi connectivity index (χ3v) is 7.42. The van der Waals surface area contributed by atoms with Gasteiger partial charge < -0.3 is 4.57 Å². The van der Waals surface area contributed by atoms with Crippen LogP contribution in [0.5, 0.6) is 0 Å². The number of benzene rings is 3. The number of pyridine rings is 1. The molecule has 0 aliphatic heterocycles. The van der Waals surface area contributed by atoms with Gasteiger partial charge >= 0.3 is 0 Å². The summed E-state index contributed by atoms with van der Waals surface area (Å²) in [4.78, 5) is 4.85. The molecule has 2 heterocycles. The number of aryl methyl sites for hydroxylation is 1. The molecule has 2 aromatic heterocycles. The van der Waals surface area contributed by atoms with Crippen molar-refractivity contribution in [1.82, 2.24) is 9.55 Å². The van der Waals surface area contributed by atoms with E-state index >= 15 is 0 Å². The normalized spacial score (nSPS) is 11.8. The van der Waals surface area contributed by atoms with Crippen LogP contribution in [0.2, 0.25) is 0 Å².